The van der Waals surface area contributed by atoms with Crippen LogP contribution in [0.3, 0.4) is 0 Å². The minimum absolute atomic E-state index is 0.0808. The third-order valence-electron chi connectivity index (χ3n) is 8.41. The number of ether oxygens (including phenoxy) is 2. The zero-order valence-corrected chi connectivity index (χ0v) is 21.9. The van der Waals surface area contributed by atoms with Crippen molar-refractivity contribution in [2.75, 3.05) is 17.0 Å². The molecule has 4 aliphatic rings. The van der Waals surface area contributed by atoms with Gasteiger partial charge >= 0.3 is 0 Å². The summed E-state index contributed by atoms with van der Waals surface area (Å²) in [4.78, 5) is 46.7. The molecule has 3 aromatic carbocycles. The largest absolute Gasteiger partial charge is 0.454 e. The van der Waals surface area contributed by atoms with Gasteiger partial charge in [0.1, 0.15) is 5.54 Å². The quantitative estimate of drug-likeness (QED) is 0.315. The second-order valence-electron chi connectivity index (χ2n) is 10.3. The van der Waals surface area contributed by atoms with Gasteiger partial charge in [-0.15, -0.1) is 0 Å². The summed E-state index contributed by atoms with van der Waals surface area (Å²) >= 11 is 3.52. The summed E-state index contributed by atoms with van der Waals surface area (Å²) in [6.45, 7) is 0.0808. The number of carbonyl (C=O) groups is 3. The fourth-order valence-corrected chi connectivity index (χ4v) is 7.13. The first-order valence-corrected chi connectivity index (χ1v) is 13.5. The Bertz CT molecular complexity index is 1750. The molecule has 3 N–H and O–H groups in total. The van der Waals surface area contributed by atoms with Gasteiger partial charge in [-0.05, 0) is 48.4 Å². The highest BCUT2D eigenvalue weighted by Crippen LogP contribution is 2.54. The number of benzene rings is 3. The maximum atomic E-state index is 14.3. The predicted molar refractivity (Wildman–Crippen MR) is 145 cm³/mol. The lowest BCUT2D eigenvalue weighted by atomic mass is 9.76. The third kappa shape index (κ3) is 3.01. The van der Waals surface area contributed by atoms with E-state index in [1.165, 1.54) is 4.90 Å². The van der Waals surface area contributed by atoms with Crippen LogP contribution in [0, 0.1) is 11.8 Å². The average molecular weight is 585 g/mol. The van der Waals surface area contributed by atoms with Crippen LogP contribution in [0.2, 0.25) is 0 Å². The van der Waals surface area contributed by atoms with Crippen LogP contribution in [-0.4, -0.2) is 35.5 Å². The fourth-order valence-electron chi connectivity index (χ4n) is 6.77. The van der Waals surface area contributed by atoms with Crippen molar-refractivity contribution in [3.63, 3.8) is 0 Å². The highest BCUT2D eigenvalue weighted by molar-refractivity contribution is 9.10. The minimum atomic E-state index is -1.39. The third-order valence-corrected chi connectivity index (χ3v) is 8.90. The number of hydrogen-bond acceptors (Lipinski definition) is 6. The van der Waals surface area contributed by atoms with Crippen LogP contribution in [0.1, 0.15) is 11.1 Å². The molecule has 2 fully saturated rings. The Morgan fingerprint density at radius 2 is 1.82 bits per heavy atom. The number of anilines is 2. The number of amides is 3. The van der Waals surface area contributed by atoms with Gasteiger partial charge in [0.2, 0.25) is 24.5 Å². The number of nitrogens with zero attached hydrogens (tertiary/aromatic N) is 1. The van der Waals surface area contributed by atoms with E-state index in [2.05, 4.69) is 31.5 Å². The number of hydrogen-bond donors (Lipinski definition) is 3. The molecule has 0 saturated carbocycles. The molecule has 0 aliphatic carbocycles. The Kier molecular flexibility index (Phi) is 4.64. The molecule has 0 radical (unpaired) electrons. The van der Waals surface area contributed by atoms with E-state index in [0.29, 0.717) is 34.9 Å². The van der Waals surface area contributed by atoms with Gasteiger partial charge in [0.05, 0.1) is 17.5 Å². The number of carbonyl (C=O) groups excluding carboxylic acids is 3. The summed E-state index contributed by atoms with van der Waals surface area (Å²) in [7, 11) is 0. The number of nitrogens with one attached hydrogen (secondary N) is 3. The van der Waals surface area contributed by atoms with E-state index in [0.717, 1.165) is 20.9 Å². The molecule has 194 valence electrons. The Balaban J connectivity index is 1.28. The molecule has 0 bridgehead atoms. The highest BCUT2D eigenvalue weighted by Gasteiger charge is 2.70. The molecule has 39 heavy (non-hydrogen) atoms. The normalized spacial score (nSPS) is 26.5. The van der Waals surface area contributed by atoms with Crippen molar-refractivity contribution < 1.29 is 23.9 Å². The number of H-pyrrole nitrogens is 1. The van der Waals surface area contributed by atoms with E-state index >= 15 is 0 Å². The monoisotopic (exact) mass is 584 g/mol. The molecule has 4 aromatic rings. The molecule has 9 nitrogen and oxygen atoms in total. The van der Waals surface area contributed by atoms with Crippen LogP contribution in [0.15, 0.2) is 71.3 Å². The van der Waals surface area contributed by atoms with Crippen molar-refractivity contribution in [2.24, 2.45) is 11.8 Å². The Morgan fingerprint density at radius 1 is 0.974 bits per heavy atom. The molecular formula is C29H21BrN4O5. The number of imide groups is 1. The zero-order chi connectivity index (χ0) is 26.5. The first-order valence-electron chi connectivity index (χ1n) is 12.7. The molecule has 0 unspecified atom stereocenters. The van der Waals surface area contributed by atoms with Crippen molar-refractivity contribution in [3.8, 4) is 11.5 Å². The van der Waals surface area contributed by atoms with Gasteiger partial charge < -0.3 is 19.8 Å². The number of aromatic nitrogens is 1. The van der Waals surface area contributed by atoms with E-state index in [1.807, 2.05) is 48.7 Å². The number of aromatic amines is 1. The van der Waals surface area contributed by atoms with Crippen LogP contribution in [-0.2, 0) is 26.3 Å². The SMILES string of the molecule is O=C1[C@@H]2[C@H](Cc3c[nH]c4ccccc34)N[C@]3(C(=O)Nc4ccc(Br)cc43)[C@@H]2C(=O)N1c1ccc2c(c1)OCO2. The van der Waals surface area contributed by atoms with E-state index in [9.17, 15) is 14.4 Å². The Morgan fingerprint density at radius 3 is 2.72 bits per heavy atom. The molecule has 5 heterocycles. The predicted octanol–water partition coefficient (Wildman–Crippen LogP) is 3.83. The average Bonchev–Trinajstić information content (AvgIpc) is 3.73. The summed E-state index contributed by atoms with van der Waals surface area (Å²) < 4.78 is 11.7. The fraction of sp³-hybridized carbons (Fsp3) is 0.207. The van der Waals surface area contributed by atoms with Crippen LogP contribution in [0.4, 0.5) is 11.4 Å². The Hall–Kier alpha value is -4.15. The number of halogens is 1. The first-order chi connectivity index (χ1) is 19.0. The summed E-state index contributed by atoms with van der Waals surface area (Å²) in [5.74, 6) is -1.74. The molecule has 1 aromatic heterocycles. The summed E-state index contributed by atoms with van der Waals surface area (Å²) in [5, 5.41) is 7.52. The molecule has 3 amide bonds. The zero-order valence-electron chi connectivity index (χ0n) is 20.4. The molecular weight excluding hydrogens is 564 g/mol. The van der Waals surface area contributed by atoms with Crippen LogP contribution >= 0.6 is 15.9 Å². The smallest absolute Gasteiger partial charge is 0.250 e. The second-order valence-corrected chi connectivity index (χ2v) is 11.2. The highest BCUT2D eigenvalue weighted by atomic mass is 79.9. The van der Waals surface area contributed by atoms with Crippen molar-refractivity contribution in [3.05, 3.63) is 82.5 Å². The minimum Gasteiger partial charge on any atom is -0.454 e. The van der Waals surface area contributed by atoms with Gasteiger partial charge in [-0.25, -0.2) is 4.90 Å². The maximum absolute atomic E-state index is 14.3. The summed E-state index contributed by atoms with van der Waals surface area (Å²) in [6.07, 6.45) is 2.39. The van der Waals surface area contributed by atoms with Gasteiger partial charge in [0, 0.05) is 44.9 Å². The summed E-state index contributed by atoms with van der Waals surface area (Å²) in [6, 6.07) is 18.0. The Labute approximate surface area is 230 Å². The molecule has 10 heteroatoms. The molecule has 8 rings (SSSR count). The van der Waals surface area contributed by atoms with Crippen molar-refractivity contribution in [1.82, 2.24) is 10.3 Å². The molecule has 4 atom stereocenters. The van der Waals surface area contributed by atoms with E-state index in [-0.39, 0.29) is 18.6 Å². The van der Waals surface area contributed by atoms with Gasteiger partial charge in [-0.2, -0.15) is 0 Å². The van der Waals surface area contributed by atoms with Crippen molar-refractivity contribution in [1.29, 1.82) is 0 Å². The van der Waals surface area contributed by atoms with Crippen LogP contribution in [0.5, 0.6) is 11.5 Å². The van der Waals surface area contributed by atoms with Crippen molar-refractivity contribution >= 4 is 55.9 Å². The van der Waals surface area contributed by atoms with E-state index in [1.54, 1.807) is 18.2 Å². The topological polar surface area (TPSA) is 113 Å². The number of rotatable bonds is 3. The van der Waals surface area contributed by atoms with Crippen LogP contribution < -0.4 is 25.0 Å². The molecule has 2 saturated heterocycles. The lowest BCUT2D eigenvalue weighted by molar-refractivity contribution is -0.130. The lowest BCUT2D eigenvalue weighted by Crippen LogP contribution is -2.53. The number of fused-ring (bicyclic) bond motifs is 6. The standard InChI is InChI=1S/C29H21BrN4O5/c30-15-5-7-20-18(10-15)29(28(37)32-20)25-24(21(33-29)9-14-12-31-19-4-2-1-3-17(14)19)26(35)34(27(25)36)16-6-8-22-23(11-16)39-13-38-22/h1-8,10-12,21,24-25,31,33H,9,13H2,(H,32,37)/t21-,24+,25-,29-/m0/s1. The molecule has 1 spiro atoms. The van der Waals surface area contributed by atoms with Crippen molar-refractivity contribution in [2.45, 2.75) is 18.0 Å². The summed E-state index contributed by atoms with van der Waals surface area (Å²) in [5.41, 5.74) is 2.29. The second kappa shape index (κ2) is 7.93. The lowest BCUT2D eigenvalue weighted by Gasteiger charge is -2.29. The van der Waals surface area contributed by atoms with E-state index in [4.69, 9.17) is 9.47 Å². The van der Waals surface area contributed by atoms with Gasteiger partial charge in [0.15, 0.2) is 11.5 Å². The molecule has 4 aliphatic heterocycles. The van der Waals surface area contributed by atoms with Gasteiger partial charge in [-0.1, -0.05) is 34.1 Å². The van der Waals surface area contributed by atoms with Crippen LogP contribution in [0.25, 0.3) is 10.9 Å². The van der Waals surface area contributed by atoms with Gasteiger partial charge in [-0.3, -0.25) is 19.7 Å². The first kappa shape index (κ1) is 22.8. The maximum Gasteiger partial charge on any atom is 0.250 e. The van der Waals surface area contributed by atoms with Gasteiger partial charge in [0.25, 0.3) is 0 Å². The number of para-hydroxylation sites is 1. The van der Waals surface area contributed by atoms with E-state index < -0.39 is 29.3 Å².